The van der Waals surface area contributed by atoms with Crippen molar-refractivity contribution in [3.8, 4) is 0 Å². The lowest BCUT2D eigenvalue weighted by molar-refractivity contribution is -0.156. The highest BCUT2D eigenvalue weighted by Crippen LogP contribution is 2.29. The molecule has 1 saturated carbocycles. The molecular formula is C15H29NO6. The lowest BCUT2D eigenvalue weighted by Crippen LogP contribution is -2.35. The fourth-order valence-corrected chi connectivity index (χ4v) is 2.99. The van der Waals surface area contributed by atoms with Crippen LogP contribution in [0, 0.1) is 11.8 Å². The van der Waals surface area contributed by atoms with E-state index in [1.807, 2.05) is 6.92 Å². The normalized spacial score (nSPS) is 41.0. The molecule has 0 spiro atoms. The maximum atomic E-state index is 10.9. The molecule has 2 rings (SSSR count). The fourth-order valence-electron chi connectivity index (χ4n) is 2.99. The smallest absolute Gasteiger partial charge is 0.337 e. The zero-order valence-corrected chi connectivity index (χ0v) is 13.8. The first-order valence-corrected chi connectivity index (χ1v) is 7.65. The van der Waals surface area contributed by atoms with E-state index in [1.54, 1.807) is 7.11 Å². The van der Waals surface area contributed by atoms with E-state index in [4.69, 9.17) is 15.2 Å². The zero-order chi connectivity index (χ0) is 16.9. The molecule has 0 bridgehead atoms. The van der Waals surface area contributed by atoms with Crippen LogP contribution in [0.3, 0.4) is 0 Å². The van der Waals surface area contributed by atoms with Crippen molar-refractivity contribution < 1.29 is 29.2 Å². The number of aliphatic hydroxyl groups is 2. The maximum Gasteiger partial charge on any atom is 0.337 e. The number of esters is 1. The lowest BCUT2D eigenvalue weighted by atomic mass is 10.0. The second kappa shape index (κ2) is 8.79. The quantitative estimate of drug-likeness (QED) is 0.611. The zero-order valence-electron chi connectivity index (χ0n) is 13.8. The monoisotopic (exact) mass is 319 g/mol. The molecule has 0 aromatic carbocycles. The summed E-state index contributed by atoms with van der Waals surface area (Å²) in [6.07, 6.45) is -0.504. The predicted molar refractivity (Wildman–Crippen MR) is 80.1 cm³/mol. The van der Waals surface area contributed by atoms with Gasteiger partial charge in [0.1, 0.15) is 0 Å². The first kappa shape index (κ1) is 19.3. The summed E-state index contributed by atoms with van der Waals surface area (Å²) in [6, 6.07) is 0.102. The van der Waals surface area contributed by atoms with Gasteiger partial charge in [-0.05, 0) is 19.3 Å². The molecule has 0 amide bonds. The minimum atomic E-state index is -0.782. The minimum Gasteiger partial charge on any atom is -0.467 e. The molecular weight excluding hydrogens is 290 g/mol. The highest BCUT2D eigenvalue weighted by atomic mass is 16.6. The van der Waals surface area contributed by atoms with Gasteiger partial charge in [-0.15, -0.1) is 0 Å². The van der Waals surface area contributed by atoms with Crippen LogP contribution in [0.25, 0.3) is 0 Å². The molecule has 1 heterocycles. The summed E-state index contributed by atoms with van der Waals surface area (Å²) >= 11 is 0. The van der Waals surface area contributed by atoms with Crippen LogP contribution >= 0.6 is 0 Å². The summed E-state index contributed by atoms with van der Waals surface area (Å²) in [4.78, 5) is 10.9. The molecule has 4 N–H and O–H groups in total. The molecule has 22 heavy (non-hydrogen) atoms. The maximum absolute atomic E-state index is 10.9. The third kappa shape index (κ3) is 4.89. The first-order valence-electron chi connectivity index (χ1n) is 7.65. The highest BCUT2D eigenvalue weighted by molar-refractivity contribution is 5.75. The van der Waals surface area contributed by atoms with E-state index in [0.29, 0.717) is 18.9 Å². The molecule has 7 atom stereocenters. The van der Waals surface area contributed by atoms with Gasteiger partial charge >= 0.3 is 5.97 Å². The Hall–Kier alpha value is -0.730. The predicted octanol–water partition coefficient (Wildman–Crippen LogP) is -0.325. The molecule has 3 unspecified atom stereocenters. The van der Waals surface area contributed by atoms with Gasteiger partial charge in [0.25, 0.3) is 0 Å². The van der Waals surface area contributed by atoms with Gasteiger partial charge in [-0.2, -0.15) is 0 Å². The molecule has 0 aromatic rings. The van der Waals surface area contributed by atoms with Gasteiger partial charge in [0, 0.05) is 25.5 Å². The summed E-state index contributed by atoms with van der Waals surface area (Å²) in [5.41, 5.74) is 5.86. The minimum absolute atomic E-state index is 0.0610. The molecule has 7 nitrogen and oxygen atoms in total. The SMILES string of the molecule is COC(=O)[C@H]1O[C@@H](C)CC1O.COC[C@@H]1C(O)C[C@H](C)C1N. The van der Waals surface area contributed by atoms with Crippen molar-refractivity contribution in [3.63, 3.8) is 0 Å². The molecule has 1 saturated heterocycles. The summed E-state index contributed by atoms with van der Waals surface area (Å²) < 4.78 is 14.5. The number of hydrogen-bond donors (Lipinski definition) is 3. The Labute approximate surface area is 131 Å². The number of ether oxygens (including phenoxy) is 3. The molecule has 7 heteroatoms. The number of carbonyl (C=O) groups is 1. The Morgan fingerprint density at radius 2 is 1.86 bits per heavy atom. The van der Waals surface area contributed by atoms with E-state index in [-0.39, 0.29) is 24.2 Å². The third-order valence-electron chi connectivity index (χ3n) is 4.35. The van der Waals surface area contributed by atoms with E-state index in [2.05, 4.69) is 11.7 Å². The van der Waals surface area contributed by atoms with Crippen LogP contribution in [0.2, 0.25) is 0 Å². The van der Waals surface area contributed by atoms with Gasteiger partial charge in [0.2, 0.25) is 0 Å². The molecule has 2 fully saturated rings. The first-order chi connectivity index (χ1) is 10.3. The van der Waals surface area contributed by atoms with Crippen LogP contribution in [0.1, 0.15) is 26.7 Å². The van der Waals surface area contributed by atoms with Gasteiger partial charge in [-0.3, -0.25) is 0 Å². The fraction of sp³-hybridized carbons (Fsp3) is 0.933. The van der Waals surface area contributed by atoms with Crippen molar-refractivity contribution in [1.29, 1.82) is 0 Å². The number of rotatable bonds is 3. The van der Waals surface area contributed by atoms with Gasteiger partial charge in [-0.1, -0.05) is 6.92 Å². The standard InChI is InChI=1S/C8H17NO2.C7H12O4/c1-5-3-7(10)6(4-11-2)8(5)9;1-4-3-5(8)6(11-4)7(9)10-2/h5-8,10H,3-4,9H2,1-2H3;4-6,8H,3H2,1-2H3/t5-,6+,7?,8?;4-,5?,6-/m00/s1. The molecule has 0 radical (unpaired) electrons. The topological polar surface area (TPSA) is 111 Å². The van der Waals surface area contributed by atoms with Crippen molar-refractivity contribution in [3.05, 3.63) is 0 Å². The lowest BCUT2D eigenvalue weighted by Gasteiger charge is -2.18. The average Bonchev–Trinajstić information content (AvgIpc) is 2.92. The Kier molecular flexibility index (Phi) is 7.71. The van der Waals surface area contributed by atoms with Crippen LogP contribution < -0.4 is 5.73 Å². The van der Waals surface area contributed by atoms with Crippen molar-refractivity contribution in [1.82, 2.24) is 0 Å². The molecule has 2 aliphatic rings. The van der Waals surface area contributed by atoms with Gasteiger partial charge in [0.15, 0.2) is 6.10 Å². The van der Waals surface area contributed by atoms with Gasteiger partial charge in [0.05, 0.1) is 32.0 Å². The van der Waals surface area contributed by atoms with Crippen LogP contribution in [0.4, 0.5) is 0 Å². The average molecular weight is 319 g/mol. The number of hydrogen-bond acceptors (Lipinski definition) is 7. The molecule has 0 aromatic heterocycles. The van der Waals surface area contributed by atoms with Crippen molar-refractivity contribution in [2.75, 3.05) is 20.8 Å². The molecule has 1 aliphatic carbocycles. The Morgan fingerprint density at radius 1 is 1.23 bits per heavy atom. The van der Waals surface area contributed by atoms with Crippen LogP contribution in [-0.2, 0) is 19.0 Å². The third-order valence-corrected chi connectivity index (χ3v) is 4.35. The summed E-state index contributed by atoms with van der Waals surface area (Å²) in [5.74, 6) is 0.0574. The van der Waals surface area contributed by atoms with E-state index in [1.165, 1.54) is 7.11 Å². The summed E-state index contributed by atoms with van der Waals surface area (Å²) in [7, 11) is 2.92. The Bertz CT molecular complexity index is 353. The number of carbonyl (C=O) groups excluding carboxylic acids is 1. The number of nitrogens with two attached hydrogens (primary N) is 1. The van der Waals surface area contributed by atoms with E-state index < -0.39 is 18.2 Å². The second-order valence-corrected chi connectivity index (χ2v) is 6.17. The van der Waals surface area contributed by atoms with Crippen LogP contribution in [0.5, 0.6) is 0 Å². The van der Waals surface area contributed by atoms with Gasteiger partial charge < -0.3 is 30.2 Å². The Morgan fingerprint density at radius 3 is 2.23 bits per heavy atom. The van der Waals surface area contributed by atoms with E-state index >= 15 is 0 Å². The Balaban J connectivity index is 0.000000220. The number of methoxy groups -OCH3 is 2. The van der Waals surface area contributed by atoms with Crippen molar-refractivity contribution >= 4 is 5.97 Å². The summed E-state index contributed by atoms with van der Waals surface area (Å²) in [6.45, 7) is 4.46. The van der Waals surface area contributed by atoms with Gasteiger partial charge in [-0.25, -0.2) is 4.79 Å². The highest BCUT2D eigenvalue weighted by Gasteiger charge is 2.38. The number of aliphatic hydroxyl groups excluding tert-OH is 2. The summed E-state index contributed by atoms with van der Waals surface area (Å²) in [5, 5.41) is 18.7. The van der Waals surface area contributed by atoms with Crippen molar-refractivity contribution in [2.24, 2.45) is 17.6 Å². The van der Waals surface area contributed by atoms with Crippen molar-refractivity contribution in [2.45, 2.75) is 57.1 Å². The van der Waals surface area contributed by atoms with Crippen LogP contribution in [0.15, 0.2) is 0 Å². The second-order valence-electron chi connectivity index (χ2n) is 6.17. The molecule has 1 aliphatic heterocycles. The largest absolute Gasteiger partial charge is 0.467 e. The van der Waals surface area contributed by atoms with E-state index in [0.717, 1.165) is 6.42 Å². The van der Waals surface area contributed by atoms with Crippen LogP contribution in [-0.4, -0.2) is 67.5 Å². The van der Waals surface area contributed by atoms with E-state index in [9.17, 15) is 15.0 Å². The molecule has 130 valence electrons.